The second-order valence-corrected chi connectivity index (χ2v) is 3.96. The maximum Gasteiger partial charge on any atom is 0.120 e. The summed E-state index contributed by atoms with van der Waals surface area (Å²) in [5, 5.41) is 0. The van der Waals surface area contributed by atoms with Gasteiger partial charge in [-0.2, -0.15) is 0 Å². The van der Waals surface area contributed by atoms with E-state index >= 15 is 0 Å². The highest BCUT2D eigenvalue weighted by Gasteiger charge is 2.36. The van der Waals surface area contributed by atoms with Crippen molar-refractivity contribution in [2.75, 3.05) is 0 Å². The van der Waals surface area contributed by atoms with Crippen molar-refractivity contribution in [2.45, 2.75) is 33.1 Å². The number of allylic oxidation sites excluding steroid dienone is 1. The summed E-state index contributed by atoms with van der Waals surface area (Å²) in [5.41, 5.74) is 1.50. The molecule has 0 heterocycles. The minimum atomic E-state index is 0.195. The Morgan fingerprint density at radius 1 is 1.73 bits per heavy atom. The van der Waals surface area contributed by atoms with Crippen LogP contribution in [0.3, 0.4) is 0 Å². The average Bonchev–Trinajstić information content (AvgIpc) is 2.16. The molecule has 0 aromatic rings. The van der Waals surface area contributed by atoms with Gasteiger partial charge in [0.1, 0.15) is 6.29 Å². The van der Waals surface area contributed by atoms with Gasteiger partial charge in [-0.1, -0.05) is 26.0 Å². The molecule has 1 aliphatic rings. The van der Waals surface area contributed by atoms with Gasteiger partial charge >= 0.3 is 0 Å². The van der Waals surface area contributed by atoms with E-state index in [0.717, 1.165) is 19.1 Å². The monoisotopic (exact) mass is 152 g/mol. The fraction of sp³-hybridized carbons (Fsp3) is 0.700. The van der Waals surface area contributed by atoms with Crippen molar-refractivity contribution in [3.8, 4) is 0 Å². The third kappa shape index (κ3) is 1.37. The summed E-state index contributed by atoms with van der Waals surface area (Å²) < 4.78 is 0. The van der Waals surface area contributed by atoms with Gasteiger partial charge in [0.15, 0.2) is 0 Å². The predicted octanol–water partition coefficient (Wildman–Crippen LogP) is 2.57. The molecule has 0 saturated heterocycles. The Kier molecular flexibility index (Phi) is 2.17. The van der Waals surface area contributed by atoms with Gasteiger partial charge in [0, 0.05) is 6.42 Å². The fourth-order valence-corrected chi connectivity index (χ4v) is 1.85. The Balaban J connectivity index is 2.69. The molecule has 0 radical (unpaired) electrons. The van der Waals surface area contributed by atoms with Gasteiger partial charge in [0.25, 0.3) is 0 Å². The van der Waals surface area contributed by atoms with Crippen LogP contribution in [0.1, 0.15) is 33.1 Å². The van der Waals surface area contributed by atoms with Crippen LogP contribution >= 0.6 is 0 Å². The van der Waals surface area contributed by atoms with Gasteiger partial charge in [-0.3, -0.25) is 0 Å². The van der Waals surface area contributed by atoms with Gasteiger partial charge in [0.05, 0.1) is 0 Å². The summed E-state index contributed by atoms with van der Waals surface area (Å²) in [7, 11) is 0. The molecule has 1 fully saturated rings. The quantitative estimate of drug-likeness (QED) is 0.439. The summed E-state index contributed by atoms with van der Waals surface area (Å²) in [6.07, 6.45) is 3.98. The Morgan fingerprint density at radius 2 is 2.36 bits per heavy atom. The lowest BCUT2D eigenvalue weighted by atomic mass is 9.78. The van der Waals surface area contributed by atoms with Gasteiger partial charge in [-0.25, -0.2) is 0 Å². The molecule has 1 heteroatoms. The zero-order chi connectivity index (χ0) is 8.48. The molecule has 0 spiro atoms. The van der Waals surface area contributed by atoms with Crippen molar-refractivity contribution in [3.63, 3.8) is 0 Å². The molecule has 11 heavy (non-hydrogen) atoms. The first kappa shape index (κ1) is 8.51. The predicted molar refractivity (Wildman–Crippen MR) is 46.3 cm³/mol. The molecular formula is C10H16O. The van der Waals surface area contributed by atoms with Gasteiger partial charge < -0.3 is 4.79 Å². The van der Waals surface area contributed by atoms with Crippen LogP contribution in [0.2, 0.25) is 0 Å². The molecular weight excluding hydrogens is 136 g/mol. The van der Waals surface area contributed by atoms with E-state index in [1.165, 1.54) is 5.57 Å². The van der Waals surface area contributed by atoms with Crippen molar-refractivity contribution in [3.05, 3.63) is 12.2 Å². The Bertz CT molecular complexity index is 179. The molecule has 1 saturated carbocycles. The first-order valence-electron chi connectivity index (χ1n) is 4.21. The van der Waals surface area contributed by atoms with Crippen molar-refractivity contribution >= 4 is 6.29 Å². The molecule has 1 rings (SSSR count). The van der Waals surface area contributed by atoms with E-state index in [1.54, 1.807) is 0 Å². The van der Waals surface area contributed by atoms with E-state index in [4.69, 9.17) is 0 Å². The molecule has 0 aromatic heterocycles. The Labute approximate surface area is 68.5 Å². The second-order valence-electron chi connectivity index (χ2n) is 3.96. The number of carbonyl (C=O) groups is 1. The molecule has 0 N–H and O–H groups in total. The fourth-order valence-electron chi connectivity index (χ4n) is 1.85. The zero-order valence-electron chi connectivity index (χ0n) is 7.39. The summed E-state index contributed by atoms with van der Waals surface area (Å²) in [5.74, 6) is 0.535. The lowest BCUT2D eigenvalue weighted by Gasteiger charge is -2.26. The summed E-state index contributed by atoms with van der Waals surface area (Å²) in [6, 6.07) is 0. The standard InChI is InChI=1S/C10H16O/c1-8-4-5-9(6-7-11)10(8,2)3/h7,9H,1,4-6H2,2-3H3. The van der Waals surface area contributed by atoms with Crippen LogP contribution in [0.4, 0.5) is 0 Å². The first-order chi connectivity index (χ1) is 5.09. The van der Waals surface area contributed by atoms with Crippen molar-refractivity contribution in [2.24, 2.45) is 11.3 Å². The maximum absolute atomic E-state index is 10.3. The third-order valence-electron chi connectivity index (χ3n) is 3.11. The summed E-state index contributed by atoms with van der Waals surface area (Å²) in [4.78, 5) is 10.3. The number of carbonyl (C=O) groups excluding carboxylic acids is 1. The third-order valence-corrected chi connectivity index (χ3v) is 3.11. The molecule has 1 nitrogen and oxygen atoms in total. The van der Waals surface area contributed by atoms with Crippen LogP contribution in [-0.2, 0) is 4.79 Å². The van der Waals surface area contributed by atoms with Gasteiger partial charge in [0.2, 0.25) is 0 Å². The highest BCUT2D eigenvalue weighted by Crippen LogP contribution is 2.47. The van der Waals surface area contributed by atoms with Crippen LogP contribution in [0.15, 0.2) is 12.2 Å². The minimum Gasteiger partial charge on any atom is -0.303 e. The van der Waals surface area contributed by atoms with Crippen molar-refractivity contribution in [1.82, 2.24) is 0 Å². The first-order valence-corrected chi connectivity index (χ1v) is 4.21. The van der Waals surface area contributed by atoms with E-state index < -0.39 is 0 Å². The van der Waals surface area contributed by atoms with Gasteiger partial charge in [-0.05, 0) is 24.2 Å². The van der Waals surface area contributed by atoms with E-state index in [9.17, 15) is 4.79 Å². The Morgan fingerprint density at radius 3 is 2.73 bits per heavy atom. The lowest BCUT2D eigenvalue weighted by Crippen LogP contribution is -2.18. The number of hydrogen-bond donors (Lipinski definition) is 0. The van der Waals surface area contributed by atoms with Crippen LogP contribution in [0.25, 0.3) is 0 Å². The number of rotatable bonds is 2. The van der Waals surface area contributed by atoms with Gasteiger partial charge in [-0.15, -0.1) is 0 Å². The van der Waals surface area contributed by atoms with E-state index in [-0.39, 0.29) is 5.41 Å². The molecule has 1 unspecified atom stereocenters. The molecule has 0 aliphatic heterocycles. The van der Waals surface area contributed by atoms with Crippen LogP contribution in [-0.4, -0.2) is 6.29 Å². The van der Waals surface area contributed by atoms with Crippen molar-refractivity contribution < 1.29 is 4.79 Å². The molecule has 1 aliphatic carbocycles. The van der Waals surface area contributed by atoms with Crippen LogP contribution in [0.5, 0.6) is 0 Å². The molecule has 1 atom stereocenters. The SMILES string of the molecule is C=C1CCC(CC=O)C1(C)C. The van der Waals surface area contributed by atoms with Crippen LogP contribution in [0, 0.1) is 11.3 Å². The summed E-state index contributed by atoms with van der Waals surface area (Å²) >= 11 is 0. The van der Waals surface area contributed by atoms with E-state index in [1.807, 2.05) is 0 Å². The topological polar surface area (TPSA) is 17.1 Å². The molecule has 0 bridgehead atoms. The zero-order valence-corrected chi connectivity index (χ0v) is 7.39. The molecule has 0 aromatic carbocycles. The van der Waals surface area contributed by atoms with Crippen molar-refractivity contribution in [1.29, 1.82) is 0 Å². The van der Waals surface area contributed by atoms with E-state index in [2.05, 4.69) is 20.4 Å². The highest BCUT2D eigenvalue weighted by molar-refractivity contribution is 5.50. The Hall–Kier alpha value is -0.590. The number of hydrogen-bond acceptors (Lipinski definition) is 1. The molecule has 0 amide bonds. The van der Waals surface area contributed by atoms with Crippen LogP contribution < -0.4 is 0 Å². The van der Waals surface area contributed by atoms with E-state index in [0.29, 0.717) is 12.3 Å². The lowest BCUT2D eigenvalue weighted by molar-refractivity contribution is -0.109. The second kappa shape index (κ2) is 2.80. The average molecular weight is 152 g/mol. The minimum absolute atomic E-state index is 0.195. The number of aldehydes is 1. The smallest absolute Gasteiger partial charge is 0.120 e. The summed E-state index contributed by atoms with van der Waals surface area (Å²) in [6.45, 7) is 8.41. The largest absolute Gasteiger partial charge is 0.303 e. The maximum atomic E-state index is 10.3. The highest BCUT2D eigenvalue weighted by atomic mass is 16.1. The normalized spacial score (nSPS) is 28.9. The molecule has 62 valence electrons.